The summed E-state index contributed by atoms with van der Waals surface area (Å²) in [5.74, 6) is -1.26. The Kier molecular flexibility index (Phi) is 4.81. The van der Waals surface area contributed by atoms with Crippen molar-refractivity contribution in [2.24, 2.45) is 0 Å². The molecule has 1 saturated heterocycles. The fourth-order valence-corrected chi connectivity index (χ4v) is 3.85. The smallest absolute Gasteiger partial charge is 0.285 e. The van der Waals surface area contributed by atoms with Crippen molar-refractivity contribution in [3.8, 4) is 5.75 Å². The first kappa shape index (κ1) is 18.1. The van der Waals surface area contributed by atoms with Crippen LogP contribution in [-0.2, 0) is 4.79 Å². The Bertz CT molecular complexity index is 1160. The maximum absolute atomic E-state index is 12.7. The highest BCUT2D eigenvalue weighted by Crippen LogP contribution is 2.31. The van der Waals surface area contributed by atoms with Crippen LogP contribution in [0.5, 0.6) is 5.75 Å². The Morgan fingerprint density at radius 1 is 1.11 bits per heavy atom. The average Bonchev–Trinajstić information content (AvgIpc) is 2.95. The SMILES string of the molecule is O=C(NN1C(=O)/C(=C/c2ccc3ccccc3n2)SC1=S)c1ccccc1O. The van der Waals surface area contributed by atoms with E-state index in [4.69, 9.17) is 12.2 Å². The molecule has 2 N–H and O–H groups in total. The molecule has 0 spiro atoms. The first-order valence-corrected chi connectivity index (χ1v) is 9.48. The van der Waals surface area contributed by atoms with Gasteiger partial charge in [0, 0.05) is 5.39 Å². The predicted molar refractivity (Wildman–Crippen MR) is 112 cm³/mol. The molecule has 1 aromatic heterocycles. The number of thioether (sulfide) groups is 1. The third-order valence-corrected chi connectivity index (χ3v) is 5.36. The van der Waals surface area contributed by atoms with E-state index in [1.54, 1.807) is 18.2 Å². The van der Waals surface area contributed by atoms with Gasteiger partial charge in [-0.2, -0.15) is 5.01 Å². The summed E-state index contributed by atoms with van der Waals surface area (Å²) in [6, 6.07) is 17.5. The molecule has 6 nitrogen and oxygen atoms in total. The Morgan fingerprint density at radius 3 is 2.68 bits per heavy atom. The van der Waals surface area contributed by atoms with Gasteiger partial charge in [-0.15, -0.1) is 0 Å². The molecule has 1 aliphatic heterocycles. The molecule has 0 bridgehead atoms. The number of amides is 2. The summed E-state index contributed by atoms with van der Waals surface area (Å²) in [5.41, 5.74) is 3.93. The standard InChI is InChI=1S/C20H13N3O3S2/c24-16-8-4-2-6-14(16)18(25)22-23-19(26)17(28-20(23)27)11-13-10-9-12-5-1-3-7-15(12)21-13/h1-11,24H,(H,22,25)/b17-11-. The van der Waals surface area contributed by atoms with Crippen LogP contribution in [0.1, 0.15) is 16.1 Å². The van der Waals surface area contributed by atoms with Crippen LogP contribution in [0.25, 0.3) is 17.0 Å². The van der Waals surface area contributed by atoms with Crippen molar-refractivity contribution in [2.45, 2.75) is 0 Å². The monoisotopic (exact) mass is 407 g/mol. The molecule has 0 radical (unpaired) electrons. The van der Waals surface area contributed by atoms with E-state index in [0.29, 0.717) is 10.6 Å². The number of nitrogens with one attached hydrogen (secondary N) is 1. The van der Waals surface area contributed by atoms with Crippen LogP contribution in [0.3, 0.4) is 0 Å². The third kappa shape index (κ3) is 3.47. The number of carbonyl (C=O) groups is 2. The largest absolute Gasteiger partial charge is 0.507 e. The minimum absolute atomic E-state index is 0.0525. The molecular formula is C20H13N3O3S2. The van der Waals surface area contributed by atoms with E-state index in [1.807, 2.05) is 36.4 Å². The van der Waals surface area contributed by atoms with Crippen LogP contribution in [0, 0.1) is 0 Å². The van der Waals surface area contributed by atoms with Gasteiger partial charge in [0.2, 0.25) is 0 Å². The summed E-state index contributed by atoms with van der Waals surface area (Å²) >= 11 is 6.29. The highest BCUT2D eigenvalue weighted by Gasteiger charge is 2.34. The van der Waals surface area contributed by atoms with E-state index >= 15 is 0 Å². The van der Waals surface area contributed by atoms with Crippen molar-refractivity contribution in [1.29, 1.82) is 0 Å². The molecule has 0 saturated carbocycles. The Balaban J connectivity index is 1.57. The van der Waals surface area contributed by atoms with Crippen LogP contribution < -0.4 is 5.43 Å². The summed E-state index contributed by atoms with van der Waals surface area (Å²) in [6.07, 6.45) is 1.64. The van der Waals surface area contributed by atoms with Gasteiger partial charge in [0.25, 0.3) is 11.8 Å². The van der Waals surface area contributed by atoms with Crippen molar-refractivity contribution >= 4 is 57.1 Å². The van der Waals surface area contributed by atoms with Crippen molar-refractivity contribution in [3.05, 3.63) is 76.8 Å². The van der Waals surface area contributed by atoms with Gasteiger partial charge in [-0.05, 0) is 42.6 Å². The minimum atomic E-state index is -0.625. The molecule has 2 aromatic carbocycles. The number of hydrazine groups is 1. The Morgan fingerprint density at radius 2 is 1.86 bits per heavy atom. The quantitative estimate of drug-likeness (QED) is 0.511. The molecule has 0 aliphatic carbocycles. The second kappa shape index (κ2) is 7.41. The first-order valence-electron chi connectivity index (χ1n) is 8.25. The minimum Gasteiger partial charge on any atom is -0.507 e. The van der Waals surface area contributed by atoms with Gasteiger partial charge in [-0.25, -0.2) is 4.98 Å². The number of hydrogen-bond donors (Lipinski definition) is 2. The van der Waals surface area contributed by atoms with Gasteiger partial charge < -0.3 is 5.11 Å². The van der Waals surface area contributed by atoms with Crippen molar-refractivity contribution < 1.29 is 14.7 Å². The molecule has 1 aliphatic rings. The summed E-state index contributed by atoms with van der Waals surface area (Å²) in [5, 5.41) is 11.8. The number of thiocarbonyl (C=S) groups is 1. The lowest BCUT2D eigenvalue weighted by Gasteiger charge is -2.16. The van der Waals surface area contributed by atoms with Crippen LogP contribution in [-0.4, -0.2) is 31.2 Å². The van der Waals surface area contributed by atoms with Crippen LogP contribution in [0.4, 0.5) is 0 Å². The number of hydrogen-bond acceptors (Lipinski definition) is 6. The van der Waals surface area contributed by atoms with Crippen LogP contribution in [0.2, 0.25) is 0 Å². The average molecular weight is 407 g/mol. The van der Waals surface area contributed by atoms with Gasteiger partial charge in [0.1, 0.15) is 5.75 Å². The highest BCUT2D eigenvalue weighted by molar-refractivity contribution is 8.26. The fourth-order valence-electron chi connectivity index (χ4n) is 2.69. The molecule has 3 aromatic rings. The summed E-state index contributed by atoms with van der Waals surface area (Å²) in [7, 11) is 0. The zero-order valence-electron chi connectivity index (χ0n) is 14.3. The zero-order chi connectivity index (χ0) is 19.7. The number of carbonyl (C=O) groups excluding carboxylic acids is 2. The van der Waals surface area contributed by atoms with E-state index in [1.165, 1.54) is 12.1 Å². The van der Waals surface area contributed by atoms with Crippen LogP contribution in [0.15, 0.2) is 65.6 Å². The molecule has 4 rings (SSSR count). The molecule has 2 heterocycles. The molecule has 8 heteroatoms. The number of pyridine rings is 1. The number of para-hydroxylation sites is 2. The van der Waals surface area contributed by atoms with Crippen molar-refractivity contribution in [2.75, 3.05) is 0 Å². The first-order chi connectivity index (χ1) is 13.5. The van der Waals surface area contributed by atoms with Crippen LogP contribution >= 0.6 is 24.0 Å². The van der Waals surface area contributed by atoms with Gasteiger partial charge in [0.05, 0.1) is 21.7 Å². The van der Waals surface area contributed by atoms with E-state index in [-0.39, 0.29) is 15.6 Å². The number of nitrogens with zero attached hydrogens (tertiary/aromatic N) is 2. The van der Waals surface area contributed by atoms with E-state index in [0.717, 1.165) is 27.7 Å². The summed E-state index contributed by atoms with van der Waals surface area (Å²) in [6.45, 7) is 0. The molecule has 2 amide bonds. The lowest BCUT2D eigenvalue weighted by molar-refractivity contribution is -0.123. The number of phenolic OH excluding ortho intramolecular Hbond substituents is 1. The van der Waals surface area contributed by atoms with Gasteiger partial charge in [-0.1, -0.05) is 48.2 Å². The van der Waals surface area contributed by atoms with Gasteiger partial charge in [-0.3, -0.25) is 15.0 Å². The Labute approximate surface area is 169 Å². The Hall–Kier alpha value is -3.23. The number of benzene rings is 2. The predicted octanol–water partition coefficient (Wildman–Crippen LogP) is 3.49. The van der Waals surface area contributed by atoms with Crippen molar-refractivity contribution in [3.63, 3.8) is 0 Å². The number of phenols is 1. The zero-order valence-corrected chi connectivity index (χ0v) is 16.0. The molecule has 0 unspecified atom stereocenters. The lowest BCUT2D eigenvalue weighted by Crippen LogP contribution is -2.44. The molecule has 0 atom stereocenters. The molecule has 138 valence electrons. The van der Waals surface area contributed by atoms with E-state index in [2.05, 4.69) is 10.4 Å². The fraction of sp³-hybridized carbons (Fsp3) is 0. The number of aromatic nitrogens is 1. The molecule has 28 heavy (non-hydrogen) atoms. The van der Waals surface area contributed by atoms with Crippen molar-refractivity contribution in [1.82, 2.24) is 15.4 Å². The topological polar surface area (TPSA) is 82.5 Å². The molecular weight excluding hydrogens is 394 g/mol. The maximum atomic E-state index is 12.7. The normalized spacial score (nSPS) is 15.4. The van der Waals surface area contributed by atoms with E-state index < -0.39 is 11.8 Å². The summed E-state index contributed by atoms with van der Waals surface area (Å²) < 4.78 is 0.195. The summed E-state index contributed by atoms with van der Waals surface area (Å²) in [4.78, 5) is 29.9. The number of rotatable bonds is 3. The highest BCUT2D eigenvalue weighted by atomic mass is 32.2. The third-order valence-electron chi connectivity index (χ3n) is 4.05. The second-order valence-electron chi connectivity index (χ2n) is 5.90. The molecule has 1 fully saturated rings. The van der Waals surface area contributed by atoms with Gasteiger partial charge >= 0.3 is 0 Å². The number of aromatic hydroxyl groups is 1. The number of fused-ring (bicyclic) bond motifs is 1. The van der Waals surface area contributed by atoms with E-state index in [9.17, 15) is 14.7 Å². The second-order valence-corrected chi connectivity index (χ2v) is 7.58. The van der Waals surface area contributed by atoms with Gasteiger partial charge in [0.15, 0.2) is 4.32 Å². The maximum Gasteiger partial charge on any atom is 0.285 e. The lowest BCUT2D eigenvalue weighted by atomic mass is 10.2.